The summed E-state index contributed by atoms with van der Waals surface area (Å²) in [5.41, 5.74) is 4.25. The fraction of sp³-hybridized carbons (Fsp3) is 0.692. The van der Waals surface area contributed by atoms with Crippen LogP contribution in [0.4, 0.5) is 0 Å². The van der Waals surface area contributed by atoms with Crippen molar-refractivity contribution in [3.8, 4) is 0 Å². The van der Waals surface area contributed by atoms with Crippen LogP contribution in [0.3, 0.4) is 0 Å². The van der Waals surface area contributed by atoms with Gasteiger partial charge in [0.15, 0.2) is 0 Å². The highest BCUT2D eigenvalue weighted by Crippen LogP contribution is 2.27. The van der Waals surface area contributed by atoms with Crippen LogP contribution in [0, 0.1) is 0 Å². The monoisotopic (exact) mass is 429 g/mol. The van der Waals surface area contributed by atoms with Crippen molar-refractivity contribution in [1.29, 1.82) is 0 Å². The van der Waals surface area contributed by atoms with E-state index in [-0.39, 0.29) is 5.91 Å². The van der Waals surface area contributed by atoms with E-state index in [0.717, 1.165) is 58.0 Å². The average molecular weight is 430 g/mol. The van der Waals surface area contributed by atoms with Crippen molar-refractivity contribution in [2.45, 2.75) is 97.2 Å². The van der Waals surface area contributed by atoms with Crippen LogP contribution >= 0.6 is 0 Å². The molecule has 0 aromatic carbocycles. The second-order valence-corrected chi connectivity index (χ2v) is 8.86. The molecule has 0 saturated carbocycles. The molecule has 5 nitrogen and oxygen atoms in total. The molecular weight excluding hydrogens is 386 g/mol. The third-order valence-electron chi connectivity index (χ3n) is 6.38. The van der Waals surface area contributed by atoms with E-state index in [1.54, 1.807) is 0 Å². The fourth-order valence-corrected chi connectivity index (χ4v) is 4.31. The first kappa shape index (κ1) is 25.5. The van der Waals surface area contributed by atoms with Crippen molar-refractivity contribution in [2.24, 2.45) is 4.99 Å². The Bertz CT molecular complexity index is 678. The molecule has 174 valence electrons. The Morgan fingerprint density at radius 1 is 1.23 bits per heavy atom. The van der Waals surface area contributed by atoms with Gasteiger partial charge in [-0.05, 0) is 62.2 Å². The zero-order chi connectivity index (χ0) is 22.5. The highest BCUT2D eigenvalue weighted by molar-refractivity contribution is 5.88. The van der Waals surface area contributed by atoms with Gasteiger partial charge in [0.1, 0.15) is 6.23 Å². The number of unbranched alkanes of at least 4 members (excludes halogenated alkanes) is 4. The van der Waals surface area contributed by atoms with E-state index >= 15 is 0 Å². The minimum absolute atomic E-state index is 0.0510. The summed E-state index contributed by atoms with van der Waals surface area (Å²) in [6.07, 6.45) is 18.3. The van der Waals surface area contributed by atoms with Crippen LogP contribution in [0.25, 0.3) is 0 Å². The van der Waals surface area contributed by atoms with Gasteiger partial charge in [-0.2, -0.15) is 0 Å². The molecule has 0 bridgehead atoms. The maximum atomic E-state index is 12.1. The van der Waals surface area contributed by atoms with Crippen molar-refractivity contribution >= 4 is 12.1 Å². The molecule has 0 aromatic rings. The number of hydrogen-bond donors (Lipinski definition) is 2. The number of rotatable bonds is 15. The number of nitrogens with one attached hydrogen (secondary N) is 1. The van der Waals surface area contributed by atoms with E-state index in [1.807, 2.05) is 6.21 Å². The molecule has 2 aliphatic rings. The van der Waals surface area contributed by atoms with Crippen LogP contribution in [0.5, 0.6) is 0 Å². The van der Waals surface area contributed by atoms with Gasteiger partial charge in [0.25, 0.3) is 0 Å². The average Bonchev–Trinajstić information content (AvgIpc) is 3.16. The number of hydrogen-bond acceptors (Lipinski definition) is 4. The topological polar surface area (TPSA) is 64.9 Å². The van der Waals surface area contributed by atoms with Crippen LogP contribution in [0.1, 0.15) is 85.0 Å². The lowest BCUT2D eigenvalue weighted by Gasteiger charge is -2.32. The summed E-state index contributed by atoms with van der Waals surface area (Å²) in [4.78, 5) is 18.6. The summed E-state index contributed by atoms with van der Waals surface area (Å²) in [5.74, 6) is 0.0510. The predicted molar refractivity (Wildman–Crippen MR) is 130 cm³/mol. The first-order valence-electron chi connectivity index (χ1n) is 12.3. The van der Waals surface area contributed by atoms with E-state index < -0.39 is 6.23 Å². The third kappa shape index (κ3) is 8.74. The van der Waals surface area contributed by atoms with Gasteiger partial charge in [0.2, 0.25) is 5.91 Å². The summed E-state index contributed by atoms with van der Waals surface area (Å²) < 4.78 is 0. The summed E-state index contributed by atoms with van der Waals surface area (Å²) >= 11 is 0. The largest absolute Gasteiger partial charge is 0.376 e. The molecule has 0 fully saturated rings. The number of carbonyl (C=O) groups is 1. The number of aliphatic hydroxyl groups is 1. The van der Waals surface area contributed by atoms with E-state index in [9.17, 15) is 9.90 Å². The van der Waals surface area contributed by atoms with Gasteiger partial charge >= 0.3 is 0 Å². The highest BCUT2D eigenvalue weighted by Gasteiger charge is 2.20. The molecule has 2 unspecified atom stereocenters. The summed E-state index contributed by atoms with van der Waals surface area (Å²) in [6, 6.07) is 0.320. The normalized spacial score (nSPS) is 17.5. The summed E-state index contributed by atoms with van der Waals surface area (Å²) in [7, 11) is 0. The lowest BCUT2D eigenvalue weighted by Crippen LogP contribution is -2.48. The molecule has 1 amide bonds. The number of aliphatic imine (C=N–C) groups is 1. The van der Waals surface area contributed by atoms with Crippen molar-refractivity contribution in [3.05, 3.63) is 34.9 Å². The number of nitrogens with zero attached hydrogens (tertiary/aromatic N) is 2. The van der Waals surface area contributed by atoms with Gasteiger partial charge in [-0.1, -0.05) is 51.3 Å². The lowest BCUT2D eigenvalue weighted by atomic mass is 9.96. The van der Waals surface area contributed by atoms with Gasteiger partial charge in [0, 0.05) is 25.2 Å². The van der Waals surface area contributed by atoms with Crippen LogP contribution in [-0.2, 0) is 4.79 Å². The Morgan fingerprint density at radius 3 is 2.77 bits per heavy atom. The number of carbonyl (C=O) groups excluding carboxylic acids is 1. The number of allylic oxidation sites excluding steroid dienone is 5. The van der Waals surface area contributed by atoms with Crippen molar-refractivity contribution in [2.75, 3.05) is 19.6 Å². The van der Waals surface area contributed by atoms with Gasteiger partial charge in [-0.15, -0.1) is 0 Å². The molecule has 1 heterocycles. The van der Waals surface area contributed by atoms with Crippen LogP contribution in [-0.4, -0.2) is 54.0 Å². The Balaban J connectivity index is 1.55. The van der Waals surface area contributed by atoms with Crippen molar-refractivity contribution in [1.82, 2.24) is 10.2 Å². The van der Waals surface area contributed by atoms with Crippen LogP contribution in [0.15, 0.2) is 39.9 Å². The van der Waals surface area contributed by atoms with Crippen LogP contribution in [0.2, 0.25) is 0 Å². The lowest BCUT2D eigenvalue weighted by molar-refractivity contribution is -0.122. The van der Waals surface area contributed by atoms with Crippen LogP contribution < -0.4 is 5.32 Å². The molecule has 1 aliphatic heterocycles. The van der Waals surface area contributed by atoms with Crippen molar-refractivity contribution < 1.29 is 9.90 Å². The smallest absolute Gasteiger partial charge is 0.220 e. The minimum atomic E-state index is -0.604. The molecule has 31 heavy (non-hydrogen) atoms. The molecule has 0 saturated heterocycles. The zero-order valence-electron chi connectivity index (χ0n) is 19.9. The molecular formula is C26H43N3O2. The standard InChI is InChI=1S/C26H43N3O2/c1-4-17-29(21(3)5-2)26(31)20-28-25(30)16-10-8-6-7-9-13-22-14-11-12-15-23-18-27-19-24(22)23/h11-12,14,19,21,26,31H,4-10,13,15-18,20H2,1-3H3,(H,28,30). The molecule has 0 aromatic heterocycles. The maximum Gasteiger partial charge on any atom is 0.220 e. The summed E-state index contributed by atoms with van der Waals surface area (Å²) in [5, 5.41) is 13.3. The first-order chi connectivity index (χ1) is 15.1. The molecule has 1 aliphatic carbocycles. The summed E-state index contributed by atoms with van der Waals surface area (Å²) in [6.45, 7) is 8.40. The molecule has 2 N–H and O–H groups in total. The van der Waals surface area contributed by atoms with E-state index in [4.69, 9.17) is 0 Å². The Kier molecular flexibility index (Phi) is 11.8. The Morgan fingerprint density at radius 2 is 2.00 bits per heavy atom. The molecule has 2 rings (SSSR count). The first-order valence-corrected chi connectivity index (χ1v) is 12.3. The Labute approximate surface area is 189 Å². The predicted octanol–water partition coefficient (Wildman–Crippen LogP) is 4.93. The van der Waals surface area contributed by atoms with E-state index in [0.29, 0.717) is 19.0 Å². The van der Waals surface area contributed by atoms with Gasteiger partial charge in [-0.3, -0.25) is 14.7 Å². The second-order valence-electron chi connectivity index (χ2n) is 8.86. The van der Waals surface area contributed by atoms with Gasteiger partial charge in [-0.25, -0.2) is 0 Å². The molecule has 5 heteroatoms. The molecule has 2 atom stereocenters. The number of amides is 1. The number of aliphatic hydroxyl groups excluding tert-OH is 1. The Hall–Kier alpha value is -1.72. The molecule has 0 radical (unpaired) electrons. The van der Waals surface area contributed by atoms with Gasteiger partial charge < -0.3 is 10.4 Å². The highest BCUT2D eigenvalue weighted by atomic mass is 16.3. The zero-order valence-corrected chi connectivity index (χ0v) is 19.9. The quantitative estimate of drug-likeness (QED) is 0.287. The maximum absolute atomic E-state index is 12.1. The molecule has 0 spiro atoms. The fourth-order valence-electron chi connectivity index (χ4n) is 4.31. The SMILES string of the molecule is CCCN(C(C)CC)C(O)CNC(=O)CCCCCCCC1=CC=CCC2=C1C=NC2. The second kappa shape index (κ2) is 14.4. The van der Waals surface area contributed by atoms with Gasteiger partial charge in [0.05, 0.1) is 13.1 Å². The third-order valence-corrected chi connectivity index (χ3v) is 6.38. The minimum Gasteiger partial charge on any atom is -0.376 e. The van der Waals surface area contributed by atoms with Crippen molar-refractivity contribution in [3.63, 3.8) is 0 Å². The van der Waals surface area contributed by atoms with E-state index in [2.05, 4.69) is 54.2 Å². The van der Waals surface area contributed by atoms with E-state index in [1.165, 1.54) is 29.6 Å².